The van der Waals surface area contributed by atoms with Crippen molar-refractivity contribution in [3.63, 3.8) is 0 Å². The zero-order chi connectivity index (χ0) is 13.1. The summed E-state index contributed by atoms with van der Waals surface area (Å²) in [6.07, 6.45) is 0.807. The molecule has 1 atom stereocenters. The number of alkyl halides is 1. The van der Waals surface area contributed by atoms with Crippen molar-refractivity contribution in [1.29, 1.82) is 0 Å². The van der Waals surface area contributed by atoms with E-state index in [2.05, 4.69) is 22.0 Å². The molecule has 0 fully saturated rings. The molecule has 0 aliphatic carbocycles. The van der Waals surface area contributed by atoms with Gasteiger partial charge in [0.05, 0.1) is 0 Å². The normalized spacial score (nSPS) is 12.4. The Kier molecular flexibility index (Phi) is 4.41. The molecule has 0 radical (unpaired) electrons. The minimum absolute atomic E-state index is 0.182. The molecule has 0 N–H and O–H groups in total. The lowest BCUT2D eigenvalue weighted by atomic mass is 10.0. The monoisotopic (exact) mass is 326 g/mol. The summed E-state index contributed by atoms with van der Waals surface area (Å²) in [5.74, 6) is -0.205. The first-order valence-electron chi connectivity index (χ1n) is 5.71. The van der Waals surface area contributed by atoms with E-state index in [9.17, 15) is 4.39 Å². The lowest BCUT2D eigenvalue weighted by molar-refractivity contribution is 0.627. The molecule has 1 unspecified atom stereocenters. The van der Waals surface area contributed by atoms with E-state index in [4.69, 9.17) is 11.6 Å². The van der Waals surface area contributed by atoms with E-state index in [0.717, 1.165) is 22.6 Å². The van der Waals surface area contributed by atoms with Crippen molar-refractivity contribution in [2.24, 2.45) is 0 Å². The smallest absolute Gasteiger partial charge is 0.123 e. The Hall–Kier alpha value is -0.860. The van der Waals surface area contributed by atoms with Crippen molar-refractivity contribution in [1.82, 2.24) is 0 Å². The molecule has 3 heteroatoms. The number of hydrogen-bond donors (Lipinski definition) is 0. The third-order valence-corrected chi connectivity index (χ3v) is 4.20. The minimum atomic E-state index is -0.205. The first-order valence-corrected chi connectivity index (χ1v) is 7.01. The van der Waals surface area contributed by atoms with Crippen molar-refractivity contribution in [2.75, 3.05) is 0 Å². The van der Waals surface area contributed by atoms with Gasteiger partial charge in [-0.1, -0.05) is 51.8 Å². The molecule has 0 nitrogen and oxygen atoms in total. The third-order valence-electron chi connectivity index (χ3n) is 2.98. The van der Waals surface area contributed by atoms with Crippen molar-refractivity contribution < 1.29 is 4.39 Å². The summed E-state index contributed by atoms with van der Waals surface area (Å²) in [5.41, 5.74) is 3.35. The molecular weight excluding hydrogens is 315 g/mol. The van der Waals surface area contributed by atoms with Crippen LogP contribution < -0.4 is 0 Å². The van der Waals surface area contributed by atoms with Gasteiger partial charge < -0.3 is 0 Å². The van der Waals surface area contributed by atoms with Crippen LogP contribution in [0, 0.1) is 12.7 Å². The fourth-order valence-electron chi connectivity index (χ4n) is 1.90. The predicted molar refractivity (Wildman–Crippen MR) is 78.0 cm³/mol. The van der Waals surface area contributed by atoms with Gasteiger partial charge in [-0.3, -0.25) is 0 Å². The fraction of sp³-hybridized carbons (Fsp3) is 0.200. The van der Waals surface area contributed by atoms with Gasteiger partial charge in [0.15, 0.2) is 0 Å². The summed E-state index contributed by atoms with van der Waals surface area (Å²) in [6.45, 7) is 2.01. The largest absolute Gasteiger partial charge is 0.207 e. The van der Waals surface area contributed by atoms with E-state index in [-0.39, 0.29) is 10.6 Å². The lowest BCUT2D eigenvalue weighted by Gasteiger charge is -2.14. The summed E-state index contributed by atoms with van der Waals surface area (Å²) in [5, 5.41) is 0.774. The van der Waals surface area contributed by atoms with E-state index >= 15 is 0 Å². The third kappa shape index (κ3) is 3.12. The number of rotatable bonds is 3. The highest BCUT2D eigenvalue weighted by molar-refractivity contribution is 9.09. The first-order chi connectivity index (χ1) is 8.58. The maximum atomic E-state index is 12.8. The molecule has 2 aromatic rings. The van der Waals surface area contributed by atoms with Crippen LogP contribution >= 0.6 is 27.5 Å². The Morgan fingerprint density at radius 2 is 1.83 bits per heavy atom. The average molecular weight is 328 g/mol. The van der Waals surface area contributed by atoms with Gasteiger partial charge in [0.1, 0.15) is 5.82 Å². The van der Waals surface area contributed by atoms with E-state index in [1.54, 1.807) is 0 Å². The molecule has 0 saturated carbocycles. The lowest BCUT2D eigenvalue weighted by Crippen LogP contribution is -1.98. The van der Waals surface area contributed by atoms with Gasteiger partial charge in [0, 0.05) is 9.85 Å². The summed E-state index contributed by atoms with van der Waals surface area (Å²) in [7, 11) is 0. The van der Waals surface area contributed by atoms with Gasteiger partial charge in [0.25, 0.3) is 0 Å². The van der Waals surface area contributed by atoms with E-state index in [0.29, 0.717) is 0 Å². The molecule has 18 heavy (non-hydrogen) atoms. The topological polar surface area (TPSA) is 0 Å². The standard InChI is InChI=1S/C15H13BrClF/c1-10-13(3-2-4-15(10)17)14(16)9-11-5-7-12(18)8-6-11/h2-8,14H,9H2,1H3. The second kappa shape index (κ2) is 5.85. The van der Waals surface area contributed by atoms with Gasteiger partial charge in [0.2, 0.25) is 0 Å². The summed E-state index contributed by atoms with van der Waals surface area (Å²) < 4.78 is 12.8. The Balaban J connectivity index is 2.19. The molecule has 0 aromatic heterocycles. The number of benzene rings is 2. The molecule has 0 aliphatic rings. The molecule has 0 bridgehead atoms. The molecule has 0 amide bonds. The van der Waals surface area contributed by atoms with Gasteiger partial charge in [-0.2, -0.15) is 0 Å². The summed E-state index contributed by atoms with van der Waals surface area (Å²) in [6, 6.07) is 12.5. The fourth-order valence-corrected chi connectivity index (χ4v) is 2.95. The van der Waals surface area contributed by atoms with Crippen molar-refractivity contribution in [3.8, 4) is 0 Å². The highest BCUT2D eigenvalue weighted by Gasteiger charge is 2.12. The second-order valence-electron chi connectivity index (χ2n) is 4.25. The maximum Gasteiger partial charge on any atom is 0.123 e. The van der Waals surface area contributed by atoms with Gasteiger partial charge in [-0.15, -0.1) is 0 Å². The van der Waals surface area contributed by atoms with Gasteiger partial charge in [-0.05, 0) is 48.2 Å². The average Bonchev–Trinajstić information content (AvgIpc) is 2.35. The predicted octanol–water partition coefficient (Wildman–Crippen LogP) is 5.47. The van der Waals surface area contributed by atoms with Crippen molar-refractivity contribution >= 4 is 27.5 Å². The maximum absolute atomic E-state index is 12.8. The Morgan fingerprint density at radius 1 is 1.17 bits per heavy atom. The molecule has 2 rings (SSSR count). The van der Waals surface area contributed by atoms with Crippen LogP contribution in [0.25, 0.3) is 0 Å². The van der Waals surface area contributed by atoms with Crippen molar-refractivity contribution in [2.45, 2.75) is 18.2 Å². The summed E-state index contributed by atoms with van der Waals surface area (Å²) >= 11 is 9.79. The second-order valence-corrected chi connectivity index (χ2v) is 5.76. The number of halogens is 3. The number of hydrogen-bond acceptors (Lipinski definition) is 0. The minimum Gasteiger partial charge on any atom is -0.207 e. The zero-order valence-corrected chi connectivity index (χ0v) is 12.3. The summed E-state index contributed by atoms with van der Waals surface area (Å²) in [4.78, 5) is 0.182. The zero-order valence-electron chi connectivity index (χ0n) is 9.96. The molecular formula is C15H13BrClF. The van der Waals surface area contributed by atoms with Gasteiger partial charge in [-0.25, -0.2) is 4.39 Å². The van der Waals surface area contributed by atoms with E-state index in [1.807, 2.05) is 31.2 Å². The quantitative estimate of drug-likeness (QED) is 0.656. The highest BCUT2D eigenvalue weighted by Crippen LogP contribution is 2.32. The molecule has 94 valence electrons. The molecule has 0 spiro atoms. The highest BCUT2D eigenvalue weighted by atomic mass is 79.9. The van der Waals surface area contributed by atoms with Crippen LogP contribution in [0.1, 0.15) is 21.5 Å². The van der Waals surface area contributed by atoms with E-state index < -0.39 is 0 Å². The Bertz CT molecular complexity index is 537. The Morgan fingerprint density at radius 3 is 2.50 bits per heavy atom. The van der Waals surface area contributed by atoms with E-state index in [1.165, 1.54) is 17.7 Å². The van der Waals surface area contributed by atoms with Crippen LogP contribution in [0.5, 0.6) is 0 Å². The molecule has 0 aliphatic heterocycles. The van der Waals surface area contributed by atoms with Gasteiger partial charge >= 0.3 is 0 Å². The molecule has 0 saturated heterocycles. The first kappa shape index (κ1) is 13.6. The Labute approximate surface area is 120 Å². The van der Waals surface area contributed by atoms with Crippen LogP contribution in [0.2, 0.25) is 5.02 Å². The van der Waals surface area contributed by atoms with Crippen LogP contribution in [0.15, 0.2) is 42.5 Å². The van der Waals surface area contributed by atoms with Crippen LogP contribution in [-0.2, 0) is 6.42 Å². The molecule has 0 heterocycles. The SMILES string of the molecule is Cc1c(Cl)cccc1C(Br)Cc1ccc(F)cc1. The molecule has 2 aromatic carbocycles. The van der Waals surface area contributed by atoms with Crippen LogP contribution in [0.3, 0.4) is 0 Å². The van der Waals surface area contributed by atoms with Crippen molar-refractivity contribution in [3.05, 3.63) is 70.0 Å². The van der Waals surface area contributed by atoms with Crippen LogP contribution in [-0.4, -0.2) is 0 Å². The van der Waals surface area contributed by atoms with Crippen LogP contribution in [0.4, 0.5) is 4.39 Å².